The quantitative estimate of drug-likeness (QED) is 0.390. The first-order chi connectivity index (χ1) is 18.0. The molecule has 4 aromatic rings. The van der Waals surface area contributed by atoms with E-state index in [-0.39, 0.29) is 11.3 Å². The highest BCUT2D eigenvalue weighted by Gasteiger charge is 2.30. The van der Waals surface area contributed by atoms with Crippen molar-refractivity contribution in [2.75, 3.05) is 34.4 Å². The van der Waals surface area contributed by atoms with E-state index in [9.17, 15) is 13.2 Å². The molecule has 0 aliphatic carbocycles. The number of anilines is 4. The number of aromatic nitrogens is 3. The van der Waals surface area contributed by atoms with Crippen LogP contribution in [-0.4, -0.2) is 48.8 Å². The van der Waals surface area contributed by atoms with E-state index in [1.807, 2.05) is 47.4 Å². The van der Waals surface area contributed by atoms with Crippen LogP contribution in [0.25, 0.3) is 16.8 Å². The summed E-state index contributed by atoms with van der Waals surface area (Å²) in [6, 6.07) is 17.2. The molecule has 0 unspecified atom stereocenters. The molecule has 1 aliphatic rings. The Labute approximate surface area is 223 Å². The highest BCUT2D eigenvalue weighted by atomic mass is 32.2. The molecule has 0 saturated heterocycles. The Balaban J connectivity index is 1.55. The lowest BCUT2D eigenvalue weighted by Crippen LogP contribution is -2.29. The first-order valence-corrected chi connectivity index (χ1v) is 14.4. The van der Waals surface area contributed by atoms with Crippen LogP contribution in [0.1, 0.15) is 39.2 Å². The number of rotatable bonds is 5. The fourth-order valence-corrected chi connectivity index (χ4v) is 5.62. The zero-order chi connectivity index (χ0) is 27.2. The van der Waals surface area contributed by atoms with Crippen LogP contribution in [0.3, 0.4) is 0 Å². The zero-order valence-corrected chi connectivity index (χ0v) is 23.1. The second kappa shape index (κ2) is 9.43. The van der Waals surface area contributed by atoms with Crippen molar-refractivity contribution in [3.8, 4) is 11.3 Å². The van der Waals surface area contributed by atoms with Gasteiger partial charge >= 0.3 is 0 Å². The molecule has 3 heterocycles. The van der Waals surface area contributed by atoms with Gasteiger partial charge in [0, 0.05) is 37.5 Å². The number of para-hydroxylation sites is 1. The SMILES string of the molecule is CC(=O)N1CCCC(C)(C)c2ccc(Nc3ncc4ccc(-c5ccccc5N(C)S(C)(=O)=O)n4n3)cc21. The molecule has 2 aromatic heterocycles. The summed E-state index contributed by atoms with van der Waals surface area (Å²) in [4.78, 5) is 18.8. The van der Waals surface area contributed by atoms with Gasteiger partial charge in [-0.25, -0.2) is 17.9 Å². The second-order valence-corrected chi connectivity index (χ2v) is 12.4. The number of fused-ring (bicyclic) bond motifs is 2. The first kappa shape index (κ1) is 25.7. The van der Waals surface area contributed by atoms with Gasteiger partial charge in [-0.15, -0.1) is 5.10 Å². The third kappa shape index (κ3) is 4.71. The van der Waals surface area contributed by atoms with Gasteiger partial charge in [-0.3, -0.25) is 9.10 Å². The lowest BCUT2D eigenvalue weighted by atomic mass is 9.80. The largest absolute Gasteiger partial charge is 0.323 e. The van der Waals surface area contributed by atoms with Crippen molar-refractivity contribution in [2.45, 2.75) is 39.0 Å². The van der Waals surface area contributed by atoms with Crippen LogP contribution in [0.2, 0.25) is 0 Å². The van der Waals surface area contributed by atoms with Gasteiger partial charge in [0.15, 0.2) is 0 Å². The van der Waals surface area contributed by atoms with Gasteiger partial charge in [0.05, 0.1) is 29.4 Å². The fourth-order valence-electron chi connectivity index (χ4n) is 5.10. The summed E-state index contributed by atoms with van der Waals surface area (Å²) in [6.07, 6.45) is 4.84. The minimum absolute atomic E-state index is 0.0217. The van der Waals surface area contributed by atoms with E-state index < -0.39 is 10.0 Å². The molecular weight excluding hydrogens is 500 g/mol. The molecule has 0 bridgehead atoms. The summed E-state index contributed by atoms with van der Waals surface area (Å²) in [5.41, 5.74) is 5.59. The predicted molar refractivity (Wildman–Crippen MR) is 152 cm³/mol. The van der Waals surface area contributed by atoms with Gasteiger partial charge in [0.2, 0.25) is 21.9 Å². The van der Waals surface area contributed by atoms with Crippen molar-refractivity contribution in [2.24, 2.45) is 0 Å². The average molecular weight is 533 g/mol. The number of hydrogen-bond donors (Lipinski definition) is 1. The van der Waals surface area contributed by atoms with Crippen LogP contribution < -0.4 is 14.5 Å². The Hall–Kier alpha value is -3.92. The number of carbonyl (C=O) groups is 1. The number of carbonyl (C=O) groups excluding carboxylic acids is 1. The van der Waals surface area contributed by atoms with E-state index >= 15 is 0 Å². The maximum atomic E-state index is 12.5. The second-order valence-electron chi connectivity index (χ2n) is 10.4. The van der Waals surface area contributed by atoms with Crippen LogP contribution in [-0.2, 0) is 20.2 Å². The molecule has 9 nitrogen and oxygen atoms in total. The summed E-state index contributed by atoms with van der Waals surface area (Å²) in [7, 11) is -1.91. The predicted octanol–water partition coefficient (Wildman–Crippen LogP) is 4.96. The lowest BCUT2D eigenvalue weighted by Gasteiger charge is -2.27. The van der Waals surface area contributed by atoms with Gasteiger partial charge < -0.3 is 10.2 Å². The smallest absolute Gasteiger partial charge is 0.245 e. The Morgan fingerprint density at radius 1 is 1.11 bits per heavy atom. The van der Waals surface area contributed by atoms with Gasteiger partial charge in [-0.2, -0.15) is 0 Å². The Morgan fingerprint density at radius 3 is 2.61 bits per heavy atom. The van der Waals surface area contributed by atoms with Gasteiger partial charge in [-0.05, 0) is 54.2 Å². The Bertz CT molecular complexity index is 1640. The maximum Gasteiger partial charge on any atom is 0.245 e. The molecule has 2 aromatic carbocycles. The topological polar surface area (TPSA) is 99.9 Å². The minimum atomic E-state index is -3.45. The van der Waals surface area contributed by atoms with Crippen LogP contribution in [0, 0.1) is 0 Å². The molecule has 198 valence electrons. The first-order valence-electron chi connectivity index (χ1n) is 12.5. The lowest BCUT2D eigenvalue weighted by molar-refractivity contribution is -0.116. The molecule has 0 radical (unpaired) electrons. The molecule has 1 aliphatic heterocycles. The molecule has 38 heavy (non-hydrogen) atoms. The van der Waals surface area contributed by atoms with Crippen molar-refractivity contribution in [1.82, 2.24) is 14.6 Å². The number of sulfonamides is 1. The molecule has 0 atom stereocenters. The monoisotopic (exact) mass is 532 g/mol. The third-order valence-electron chi connectivity index (χ3n) is 7.25. The number of nitrogens with zero attached hydrogens (tertiary/aromatic N) is 5. The van der Waals surface area contributed by atoms with E-state index in [1.54, 1.807) is 23.7 Å². The van der Waals surface area contributed by atoms with Crippen molar-refractivity contribution >= 4 is 44.5 Å². The van der Waals surface area contributed by atoms with E-state index in [4.69, 9.17) is 5.10 Å². The summed E-state index contributed by atoms with van der Waals surface area (Å²) in [6.45, 7) is 6.72. The molecule has 0 fully saturated rings. The fraction of sp³-hybridized carbons (Fsp3) is 0.321. The average Bonchev–Trinajstić information content (AvgIpc) is 3.22. The molecule has 0 spiro atoms. The molecule has 5 rings (SSSR count). The van der Waals surface area contributed by atoms with E-state index in [2.05, 4.69) is 30.2 Å². The molecule has 1 N–H and O–H groups in total. The summed E-state index contributed by atoms with van der Waals surface area (Å²) >= 11 is 0. The molecular formula is C28H32N6O3S. The van der Waals surface area contributed by atoms with Gasteiger partial charge in [-0.1, -0.05) is 38.1 Å². The normalized spacial score (nSPS) is 15.1. The van der Waals surface area contributed by atoms with E-state index in [0.717, 1.165) is 46.6 Å². The van der Waals surface area contributed by atoms with Crippen LogP contribution in [0.15, 0.2) is 60.8 Å². The standard InChI is InChI=1S/C28H32N6O3S/c1-19(35)33-16-8-15-28(2,3)23-13-11-20(17-26(23)33)30-27-29-18-21-12-14-25(34(21)31-27)22-9-6-7-10-24(22)32(4)38(5,36)37/h6-7,9-14,17-18H,8,15-16H2,1-5H3,(H,30,31). The van der Waals surface area contributed by atoms with Crippen LogP contribution >= 0.6 is 0 Å². The third-order valence-corrected chi connectivity index (χ3v) is 8.44. The van der Waals surface area contributed by atoms with Crippen LogP contribution in [0.5, 0.6) is 0 Å². The Kier molecular flexibility index (Phi) is 6.38. The van der Waals surface area contributed by atoms with Crippen molar-refractivity contribution in [3.63, 3.8) is 0 Å². The minimum Gasteiger partial charge on any atom is -0.323 e. The van der Waals surface area contributed by atoms with Crippen LogP contribution in [0.4, 0.5) is 23.0 Å². The van der Waals surface area contributed by atoms with Crippen molar-refractivity contribution in [1.29, 1.82) is 0 Å². The van der Waals surface area contributed by atoms with Crippen molar-refractivity contribution in [3.05, 3.63) is 66.4 Å². The number of hydrogen-bond acceptors (Lipinski definition) is 6. The Morgan fingerprint density at radius 2 is 1.87 bits per heavy atom. The molecule has 0 saturated carbocycles. The van der Waals surface area contributed by atoms with Gasteiger partial charge in [0.25, 0.3) is 0 Å². The van der Waals surface area contributed by atoms with E-state index in [1.165, 1.54) is 17.6 Å². The zero-order valence-electron chi connectivity index (χ0n) is 22.3. The highest BCUT2D eigenvalue weighted by molar-refractivity contribution is 7.92. The summed E-state index contributed by atoms with van der Waals surface area (Å²) in [5.74, 6) is 0.402. The summed E-state index contributed by atoms with van der Waals surface area (Å²) < 4.78 is 27.5. The molecule has 10 heteroatoms. The highest BCUT2D eigenvalue weighted by Crippen LogP contribution is 2.40. The molecule has 1 amide bonds. The number of nitrogens with one attached hydrogen (secondary N) is 1. The maximum absolute atomic E-state index is 12.5. The summed E-state index contributed by atoms with van der Waals surface area (Å²) in [5, 5.41) is 8.02. The van der Waals surface area contributed by atoms with E-state index in [0.29, 0.717) is 18.2 Å². The van der Waals surface area contributed by atoms with Crippen molar-refractivity contribution < 1.29 is 13.2 Å². The van der Waals surface area contributed by atoms with Gasteiger partial charge in [0.1, 0.15) is 0 Å². The number of benzene rings is 2. The number of amides is 1.